The van der Waals surface area contributed by atoms with Crippen LogP contribution < -0.4 is 0 Å². The topological polar surface area (TPSA) is 3.24 Å². The number of hydrogen-bond donors (Lipinski definition) is 1. The van der Waals surface area contributed by atoms with Gasteiger partial charge in [0.15, 0.2) is 0 Å². The number of likely N-dealkylation sites (tertiary alicyclic amines) is 1. The molecule has 9 heavy (non-hydrogen) atoms. The van der Waals surface area contributed by atoms with Crippen LogP contribution in [0.5, 0.6) is 0 Å². The molecule has 1 nitrogen and oxygen atoms in total. The van der Waals surface area contributed by atoms with E-state index >= 15 is 0 Å². The van der Waals surface area contributed by atoms with Crippen molar-refractivity contribution in [2.75, 3.05) is 13.6 Å². The van der Waals surface area contributed by atoms with E-state index in [4.69, 9.17) is 0 Å². The highest BCUT2D eigenvalue weighted by molar-refractivity contribution is 7.84. The molecule has 0 aromatic rings. The molecule has 1 aliphatic rings. The lowest BCUT2D eigenvalue weighted by Gasteiger charge is -2.17. The fraction of sp³-hybridized carbons (Fsp3) is 0.714. The van der Waals surface area contributed by atoms with Gasteiger partial charge in [-0.1, -0.05) is 6.58 Å². The third-order valence-corrected chi connectivity index (χ3v) is 2.20. The van der Waals surface area contributed by atoms with Crippen molar-refractivity contribution in [3.63, 3.8) is 0 Å². The molecule has 1 aliphatic heterocycles. The zero-order chi connectivity index (χ0) is 6.85. The number of nitrogens with zero attached hydrogens (tertiary/aromatic N) is 1. The summed E-state index contributed by atoms with van der Waals surface area (Å²) in [6, 6.07) is 0.535. The summed E-state index contributed by atoms with van der Waals surface area (Å²) in [7, 11) is 2.12. The average molecular weight is 143 g/mol. The van der Waals surface area contributed by atoms with Crippen molar-refractivity contribution in [1.29, 1.82) is 0 Å². The molecule has 0 aliphatic carbocycles. The van der Waals surface area contributed by atoms with Gasteiger partial charge < -0.3 is 0 Å². The quantitative estimate of drug-likeness (QED) is 0.545. The van der Waals surface area contributed by atoms with Gasteiger partial charge in [0, 0.05) is 6.04 Å². The van der Waals surface area contributed by atoms with Crippen molar-refractivity contribution in [3.05, 3.63) is 11.5 Å². The fourth-order valence-corrected chi connectivity index (χ4v) is 1.66. The van der Waals surface area contributed by atoms with Crippen LogP contribution in [0.15, 0.2) is 11.5 Å². The van der Waals surface area contributed by atoms with Gasteiger partial charge in [0.05, 0.1) is 0 Å². The van der Waals surface area contributed by atoms with Gasteiger partial charge >= 0.3 is 0 Å². The molecule has 0 radical (unpaired) electrons. The fourth-order valence-electron chi connectivity index (χ4n) is 1.33. The minimum Gasteiger partial charge on any atom is -0.299 e. The molecule has 0 unspecified atom stereocenters. The van der Waals surface area contributed by atoms with E-state index in [9.17, 15) is 0 Å². The summed E-state index contributed by atoms with van der Waals surface area (Å²) in [5, 5.41) is 0. The molecule has 0 bridgehead atoms. The Morgan fingerprint density at radius 1 is 1.78 bits per heavy atom. The van der Waals surface area contributed by atoms with Crippen LogP contribution in [0.3, 0.4) is 0 Å². The van der Waals surface area contributed by atoms with E-state index in [1.165, 1.54) is 19.4 Å². The second-order valence-electron chi connectivity index (χ2n) is 2.63. The molecule has 1 heterocycles. The van der Waals surface area contributed by atoms with Gasteiger partial charge in [-0.15, -0.1) is 12.6 Å². The van der Waals surface area contributed by atoms with Gasteiger partial charge in [-0.25, -0.2) is 0 Å². The first-order valence-electron chi connectivity index (χ1n) is 3.30. The molecule has 0 spiro atoms. The molecule has 1 fully saturated rings. The van der Waals surface area contributed by atoms with E-state index in [2.05, 4.69) is 31.2 Å². The zero-order valence-corrected chi connectivity index (χ0v) is 6.69. The first kappa shape index (κ1) is 7.16. The minimum atomic E-state index is 0.535. The summed E-state index contributed by atoms with van der Waals surface area (Å²) < 4.78 is 0. The number of thiol groups is 1. The Morgan fingerprint density at radius 3 is 2.67 bits per heavy atom. The molecule has 0 aromatic heterocycles. The van der Waals surface area contributed by atoms with E-state index in [-0.39, 0.29) is 0 Å². The van der Waals surface area contributed by atoms with Crippen LogP contribution in [0, 0.1) is 0 Å². The molecule has 0 amide bonds. The van der Waals surface area contributed by atoms with Gasteiger partial charge in [-0.05, 0) is 31.3 Å². The maximum atomic E-state index is 4.22. The van der Waals surface area contributed by atoms with Crippen LogP contribution in [0.2, 0.25) is 0 Å². The van der Waals surface area contributed by atoms with Crippen molar-refractivity contribution < 1.29 is 0 Å². The summed E-state index contributed by atoms with van der Waals surface area (Å²) in [6.45, 7) is 5.01. The molecule has 1 rings (SSSR count). The third kappa shape index (κ3) is 1.49. The van der Waals surface area contributed by atoms with Crippen LogP contribution in [0.1, 0.15) is 12.8 Å². The standard InChI is InChI=1S/C7H13NS/c1-6(9)7-4-3-5-8(7)2/h7,9H,1,3-5H2,2H3/t7-/m0/s1. The second-order valence-corrected chi connectivity index (χ2v) is 3.20. The molecule has 1 atom stereocenters. The predicted octanol–water partition coefficient (Wildman–Crippen LogP) is 1.52. The highest BCUT2D eigenvalue weighted by Crippen LogP contribution is 2.22. The zero-order valence-electron chi connectivity index (χ0n) is 5.80. The SMILES string of the molecule is C=C(S)[C@@H]1CCCN1C. The summed E-state index contributed by atoms with van der Waals surface area (Å²) in [5.41, 5.74) is 0. The summed E-state index contributed by atoms with van der Waals surface area (Å²) in [4.78, 5) is 3.31. The number of rotatable bonds is 1. The lowest BCUT2D eigenvalue weighted by Crippen LogP contribution is -2.24. The largest absolute Gasteiger partial charge is 0.299 e. The van der Waals surface area contributed by atoms with E-state index < -0.39 is 0 Å². The Labute approximate surface area is 62.1 Å². The Bertz CT molecular complexity index is 122. The summed E-state index contributed by atoms with van der Waals surface area (Å²) in [6.07, 6.45) is 2.53. The maximum Gasteiger partial charge on any atom is 0.0396 e. The Kier molecular flexibility index (Phi) is 2.19. The molecule has 0 aromatic carbocycles. The maximum absolute atomic E-state index is 4.22. The van der Waals surface area contributed by atoms with E-state index in [0.717, 1.165) is 4.91 Å². The van der Waals surface area contributed by atoms with E-state index in [1.807, 2.05) is 0 Å². The number of hydrogen-bond acceptors (Lipinski definition) is 2. The molecule has 52 valence electrons. The van der Waals surface area contributed by atoms with Crippen molar-refractivity contribution in [3.8, 4) is 0 Å². The summed E-state index contributed by atoms with van der Waals surface area (Å²) in [5.74, 6) is 0. The third-order valence-electron chi connectivity index (χ3n) is 1.91. The van der Waals surface area contributed by atoms with Crippen LogP contribution in [0.4, 0.5) is 0 Å². The summed E-state index contributed by atoms with van der Waals surface area (Å²) >= 11 is 4.22. The van der Waals surface area contributed by atoms with E-state index in [1.54, 1.807) is 0 Å². The average Bonchev–Trinajstić information content (AvgIpc) is 2.13. The molecular formula is C7H13NS. The molecule has 0 saturated carbocycles. The molecular weight excluding hydrogens is 130 g/mol. The van der Waals surface area contributed by atoms with Crippen molar-refractivity contribution in [1.82, 2.24) is 4.90 Å². The normalized spacial score (nSPS) is 28.9. The van der Waals surface area contributed by atoms with Crippen molar-refractivity contribution in [2.45, 2.75) is 18.9 Å². The first-order chi connectivity index (χ1) is 4.22. The van der Waals surface area contributed by atoms with Crippen LogP contribution in [-0.2, 0) is 0 Å². The molecule has 0 N–H and O–H groups in total. The van der Waals surface area contributed by atoms with Crippen LogP contribution >= 0.6 is 12.6 Å². The number of likely N-dealkylation sites (N-methyl/N-ethyl adjacent to an activating group) is 1. The Hall–Kier alpha value is 0.0500. The van der Waals surface area contributed by atoms with E-state index in [0.29, 0.717) is 6.04 Å². The lowest BCUT2D eigenvalue weighted by atomic mass is 10.2. The second kappa shape index (κ2) is 2.76. The molecule has 1 saturated heterocycles. The Morgan fingerprint density at radius 2 is 2.44 bits per heavy atom. The highest BCUT2D eigenvalue weighted by Gasteiger charge is 2.20. The minimum absolute atomic E-state index is 0.535. The first-order valence-corrected chi connectivity index (χ1v) is 3.74. The Balaban J connectivity index is 2.49. The predicted molar refractivity (Wildman–Crippen MR) is 43.8 cm³/mol. The van der Waals surface area contributed by atoms with Gasteiger partial charge in [0.2, 0.25) is 0 Å². The van der Waals surface area contributed by atoms with Gasteiger partial charge in [0.25, 0.3) is 0 Å². The van der Waals surface area contributed by atoms with Crippen molar-refractivity contribution in [2.24, 2.45) is 0 Å². The lowest BCUT2D eigenvalue weighted by molar-refractivity contribution is 0.354. The van der Waals surface area contributed by atoms with Gasteiger partial charge in [-0.3, -0.25) is 4.90 Å². The van der Waals surface area contributed by atoms with Crippen LogP contribution in [0.25, 0.3) is 0 Å². The van der Waals surface area contributed by atoms with Gasteiger partial charge in [0.1, 0.15) is 0 Å². The highest BCUT2D eigenvalue weighted by atomic mass is 32.1. The van der Waals surface area contributed by atoms with Gasteiger partial charge in [-0.2, -0.15) is 0 Å². The smallest absolute Gasteiger partial charge is 0.0396 e. The van der Waals surface area contributed by atoms with Crippen LogP contribution in [-0.4, -0.2) is 24.5 Å². The molecule has 2 heteroatoms. The van der Waals surface area contributed by atoms with Crippen molar-refractivity contribution >= 4 is 12.6 Å². The monoisotopic (exact) mass is 143 g/mol.